The van der Waals surface area contributed by atoms with Crippen molar-refractivity contribution in [1.82, 2.24) is 20.2 Å². The van der Waals surface area contributed by atoms with Crippen LogP contribution in [0.15, 0.2) is 18.3 Å². The highest BCUT2D eigenvalue weighted by Gasteiger charge is 2.29. The monoisotopic (exact) mass is 263 g/mol. The lowest BCUT2D eigenvalue weighted by molar-refractivity contribution is 0.178. The SMILES string of the molecule is Cc1ccc(C(NN)C2CN(C)CCCN2C)cn1. The number of hydrogen-bond acceptors (Lipinski definition) is 5. The minimum absolute atomic E-state index is 0.110. The second-order valence-electron chi connectivity index (χ2n) is 5.54. The van der Waals surface area contributed by atoms with E-state index in [2.05, 4.69) is 40.4 Å². The molecule has 0 amide bonds. The molecule has 1 aromatic heterocycles. The maximum atomic E-state index is 5.81. The number of nitrogens with one attached hydrogen (secondary N) is 1. The molecule has 1 aromatic rings. The number of aryl methyl sites for hydroxylation is 1. The molecule has 5 nitrogen and oxygen atoms in total. The first-order valence-corrected chi connectivity index (χ1v) is 6.89. The predicted molar refractivity (Wildman–Crippen MR) is 77.6 cm³/mol. The number of rotatable bonds is 3. The molecule has 1 aliphatic rings. The summed E-state index contributed by atoms with van der Waals surface area (Å²) in [6.07, 6.45) is 3.13. The molecule has 1 aliphatic heterocycles. The second-order valence-corrected chi connectivity index (χ2v) is 5.54. The number of hydrogen-bond donors (Lipinski definition) is 2. The topological polar surface area (TPSA) is 57.4 Å². The van der Waals surface area contributed by atoms with E-state index in [-0.39, 0.29) is 6.04 Å². The van der Waals surface area contributed by atoms with Gasteiger partial charge in [-0.15, -0.1) is 0 Å². The Kier molecular flexibility index (Phi) is 4.87. The van der Waals surface area contributed by atoms with Gasteiger partial charge in [0.15, 0.2) is 0 Å². The van der Waals surface area contributed by atoms with Crippen LogP contribution < -0.4 is 11.3 Å². The van der Waals surface area contributed by atoms with Gasteiger partial charge < -0.3 is 9.80 Å². The molecule has 0 aromatic carbocycles. The molecule has 19 heavy (non-hydrogen) atoms. The van der Waals surface area contributed by atoms with Crippen LogP contribution in [0.2, 0.25) is 0 Å². The van der Waals surface area contributed by atoms with Gasteiger partial charge in [-0.05, 0) is 52.2 Å². The molecule has 1 fully saturated rings. The van der Waals surface area contributed by atoms with Crippen molar-refractivity contribution >= 4 is 0 Å². The van der Waals surface area contributed by atoms with Gasteiger partial charge in [-0.25, -0.2) is 0 Å². The molecular weight excluding hydrogens is 238 g/mol. The van der Waals surface area contributed by atoms with Gasteiger partial charge in [0.1, 0.15) is 0 Å². The van der Waals surface area contributed by atoms with E-state index < -0.39 is 0 Å². The molecule has 2 heterocycles. The predicted octanol–water partition coefficient (Wildman–Crippen LogP) is 0.530. The Balaban J connectivity index is 2.21. The standard InChI is InChI=1S/C14H25N5/c1-11-5-6-12(9-16-11)14(17-15)13-10-18(2)7-4-8-19(13)3/h5-6,9,13-14,17H,4,7-8,10,15H2,1-3H3. The van der Waals surface area contributed by atoms with Crippen molar-refractivity contribution in [2.75, 3.05) is 33.7 Å². The maximum absolute atomic E-state index is 5.81. The molecule has 1 saturated heterocycles. The van der Waals surface area contributed by atoms with Crippen LogP contribution in [0.4, 0.5) is 0 Å². The second kappa shape index (κ2) is 6.43. The van der Waals surface area contributed by atoms with Gasteiger partial charge in [-0.3, -0.25) is 16.3 Å². The lowest BCUT2D eigenvalue weighted by Gasteiger charge is -2.34. The molecule has 0 bridgehead atoms. The molecule has 3 N–H and O–H groups in total. The van der Waals surface area contributed by atoms with E-state index in [1.54, 1.807) is 0 Å². The minimum Gasteiger partial charge on any atom is -0.305 e. The molecule has 2 atom stereocenters. The quantitative estimate of drug-likeness (QED) is 0.615. The summed E-state index contributed by atoms with van der Waals surface area (Å²) < 4.78 is 0. The largest absolute Gasteiger partial charge is 0.305 e. The normalized spacial score (nSPS) is 24.1. The highest BCUT2D eigenvalue weighted by atomic mass is 15.3. The van der Waals surface area contributed by atoms with E-state index in [4.69, 9.17) is 5.84 Å². The summed E-state index contributed by atoms with van der Waals surface area (Å²) in [7, 11) is 4.35. The van der Waals surface area contributed by atoms with E-state index in [1.807, 2.05) is 19.2 Å². The van der Waals surface area contributed by atoms with Gasteiger partial charge in [0.25, 0.3) is 0 Å². The summed E-state index contributed by atoms with van der Waals surface area (Å²) in [5.74, 6) is 5.81. The Bertz CT molecular complexity index is 391. The van der Waals surface area contributed by atoms with E-state index in [0.29, 0.717) is 6.04 Å². The first-order valence-electron chi connectivity index (χ1n) is 6.89. The Morgan fingerprint density at radius 3 is 2.79 bits per heavy atom. The van der Waals surface area contributed by atoms with Crippen molar-refractivity contribution in [2.45, 2.75) is 25.4 Å². The number of hydrazine groups is 1. The van der Waals surface area contributed by atoms with Crippen molar-refractivity contribution in [3.63, 3.8) is 0 Å². The molecule has 2 unspecified atom stereocenters. The highest BCUT2D eigenvalue weighted by Crippen LogP contribution is 2.22. The molecule has 0 saturated carbocycles. The number of nitrogens with zero attached hydrogens (tertiary/aromatic N) is 3. The van der Waals surface area contributed by atoms with Crippen LogP contribution in [-0.4, -0.2) is 54.6 Å². The zero-order chi connectivity index (χ0) is 13.8. The van der Waals surface area contributed by atoms with Crippen LogP contribution in [0.25, 0.3) is 0 Å². The van der Waals surface area contributed by atoms with Crippen LogP contribution in [0.5, 0.6) is 0 Å². The van der Waals surface area contributed by atoms with Crippen LogP contribution >= 0.6 is 0 Å². The summed E-state index contributed by atoms with van der Waals surface area (Å²) in [4.78, 5) is 9.15. The lowest BCUT2D eigenvalue weighted by atomic mass is 10.00. The first-order chi connectivity index (χ1) is 9.11. The third kappa shape index (κ3) is 3.51. The third-order valence-electron chi connectivity index (χ3n) is 3.97. The van der Waals surface area contributed by atoms with Gasteiger partial charge in [-0.1, -0.05) is 6.07 Å². The third-order valence-corrected chi connectivity index (χ3v) is 3.97. The smallest absolute Gasteiger partial charge is 0.0642 e. The zero-order valence-corrected chi connectivity index (χ0v) is 12.1. The average molecular weight is 263 g/mol. The molecular formula is C14H25N5. The molecule has 0 radical (unpaired) electrons. The van der Waals surface area contributed by atoms with Gasteiger partial charge >= 0.3 is 0 Å². The average Bonchev–Trinajstić information content (AvgIpc) is 2.55. The van der Waals surface area contributed by atoms with E-state index in [0.717, 1.165) is 30.9 Å². The van der Waals surface area contributed by atoms with Crippen molar-refractivity contribution in [2.24, 2.45) is 5.84 Å². The van der Waals surface area contributed by atoms with Crippen molar-refractivity contribution < 1.29 is 0 Å². The van der Waals surface area contributed by atoms with E-state index in [1.165, 1.54) is 6.42 Å². The van der Waals surface area contributed by atoms with Crippen LogP contribution in [0, 0.1) is 6.92 Å². The first kappa shape index (κ1) is 14.4. The summed E-state index contributed by atoms with van der Waals surface area (Å²) in [6, 6.07) is 4.63. The maximum Gasteiger partial charge on any atom is 0.0642 e. The van der Waals surface area contributed by atoms with Crippen molar-refractivity contribution in [1.29, 1.82) is 0 Å². The Labute approximate surface area is 115 Å². The van der Waals surface area contributed by atoms with Crippen LogP contribution in [-0.2, 0) is 0 Å². The Hall–Kier alpha value is -1.01. The molecule has 106 valence electrons. The van der Waals surface area contributed by atoms with Crippen LogP contribution in [0.1, 0.15) is 23.7 Å². The molecule has 0 aliphatic carbocycles. The fraction of sp³-hybridized carbons (Fsp3) is 0.643. The fourth-order valence-corrected chi connectivity index (χ4v) is 2.76. The molecule has 5 heteroatoms. The van der Waals surface area contributed by atoms with Crippen molar-refractivity contribution in [3.05, 3.63) is 29.6 Å². The summed E-state index contributed by atoms with van der Waals surface area (Å²) >= 11 is 0. The highest BCUT2D eigenvalue weighted by molar-refractivity contribution is 5.19. The number of pyridine rings is 1. The zero-order valence-electron chi connectivity index (χ0n) is 12.1. The summed E-state index contributed by atoms with van der Waals surface area (Å²) in [5.41, 5.74) is 5.16. The molecule has 2 rings (SSSR count). The van der Waals surface area contributed by atoms with Crippen molar-refractivity contribution in [3.8, 4) is 0 Å². The van der Waals surface area contributed by atoms with Gasteiger partial charge in [0.2, 0.25) is 0 Å². The Morgan fingerprint density at radius 1 is 1.37 bits per heavy atom. The number of aromatic nitrogens is 1. The van der Waals surface area contributed by atoms with Crippen LogP contribution in [0.3, 0.4) is 0 Å². The van der Waals surface area contributed by atoms with Gasteiger partial charge in [0.05, 0.1) is 6.04 Å². The summed E-state index contributed by atoms with van der Waals surface area (Å²) in [6.45, 7) is 5.26. The summed E-state index contributed by atoms with van der Waals surface area (Å²) in [5, 5.41) is 0. The number of nitrogens with two attached hydrogens (primary N) is 1. The minimum atomic E-state index is 0.110. The van der Waals surface area contributed by atoms with E-state index in [9.17, 15) is 0 Å². The van der Waals surface area contributed by atoms with Gasteiger partial charge in [-0.2, -0.15) is 0 Å². The van der Waals surface area contributed by atoms with E-state index >= 15 is 0 Å². The lowest BCUT2D eigenvalue weighted by Crippen LogP contribution is -2.48. The number of likely N-dealkylation sites (N-methyl/N-ethyl adjacent to an activating group) is 2. The Morgan fingerprint density at radius 2 is 2.16 bits per heavy atom. The molecule has 0 spiro atoms. The van der Waals surface area contributed by atoms with Gasteiger partial charge in [0, 0.05) is 24.5 Å². The fourth-order valence-electron chi connectivity index (χ4n) is 2.76.